The first-order valence-electron chi connectivity index (χ1n) is 6.36. The Morgan fingerprint density at radius 3 is 2.90 bits per heavy atom. The molecule has 0 saturated heterocycles. The Kier molecular flexibility index (Phi) is 3.11. The van der Waals surface area contributed by atoms with Crippen LogP contribution < -0.4 is 11.3 Å². The summed E-state index contributed by atoms with van der Waals surface area (Å²) in [6.07, 6.45) is 1.62. The molecule has 3 rings (SSSR count). The van der Waals surface area contributed by atoms with E-state index >= 15 is 0 Å². The average molecular weight is 286 g/mol. The van der Waals surface area contributed by atoms with Gasteiger partial charge in [0.1, 0.15) is 16.8 Å². The number of aromatic hydroxyl groups is 1. The highest BCUT2D eigenvalue weighted by Gasteiger charge is 2.20. The molecule has 7 nitrogen and oxygen atoms in total. The Morgan fingerprint density at radius 2 is 2.19 bits per heavy atom. The molecule has 2 heterocycles. The van der Waals surface area contributed by atoms with E-state index in [1.165, 1.54) is 0 Å². The zero-order valence-electron chi connectivity index (χ0n) is 11.0. The average Bonchev–Trinajstić information content (AvgIpc) is 2.84. The summed E-state index contributed by atoms with van der Waals surface area (Å²) >= 11 is 0. The number of phenols is 1. The van der Waals surface area contributed by atoms with Gasteiger partial charge in [0.25, 0.3) is 5.56 Å². The van der Waals surface area contributed by atoms with Crippen LogP contribution in [-0.2, 0) is 0 Å². The summed E-state index contributed by atoms with van der Waals surface area (Å²) in [6, 6.07) is 6.59. The van der Waals surface area contributed by atoms with Crippen molar-refractivity contribution in [3.63, 3.8) is 0 Å². The number of nitrogens with two attached hydrogens (primary N) is 1. The second-order valence-electron chi connectivity index (χ2n) is 4.75. The molecule has 0 fully saturated rings. The first-order valence-corrected chi connectivity index (χ1v) is 6.36. The van der Waals surface area contributed by atoms with Crippen LogP contribution >= 0.6 is 0 Å². The van der Waals surface area contributed by atoms with Crippen molar-refractivity contribution < 1.29 is 10.2 Å². The van der Waals surface area contributed by atoms with Crippen LogP contribution in [0.3, 0.4) is 0 Å². The lowest BCUT2D eigenvalue weighted by Gasteiger charge is -2.14. The highest BCUT2D eigenvalue weighted by Crippen LogP contribution is 2.30. The third kappa shape index (κ3) is 2.23. The first kappa shape index (κ1) is 13.2. The van der Waals surface area contributed by atoms with Crippen LogP contribution in [0, 0.1) is 0 Å². The van der Waals surface area contributed by atoms with E-state index < -0.39 is 5.92 Å². The number of hydrogen-bond acceptors (Lipinski definition) is 5. The monoisotopic (exact) mass is 286 g/mol. The maximum absolute atomic E-state index is 11.8. The van der Waals surface area contributed by atoms with Crippen molar-refractivity contribution in [2.24, 2.45) is 0 Å². The van der Waals surface area contributed by atoms with E-state index in [1.54, 1.807) is 30.5 Å². The maximum Gasteiger partial charge on any atom is 0.276 e. The molecule has 0 aliphatic heterocycles. The van der Waals surface area contributed by atoms with Crippen molar-refractivity contribution in [1.82, 2.24) is 15.0 Å². The molecule has 3 aromatic rings. The predicted octanol–water partition coefficient (Wildman–Crippen LogP) is 0.663. The molecule has 0 aliphatic carbocycles. The Morgan fingerprint density at radius 1 is 1.38 bits per heavy atom. The number of nitrogens with zero attached hydrogens (tertiary/aromatic N) is 1. The van der Waals surface area contributed by atoms with E-state index in [2.05, 4.69) is 15.0 Å². The van der Waals surface area contributed by atoms with Crippen LogP contribution in [0.2, 0.25) is 0 Å². The fourth-order valence-corrected chi connectivity index (χ4v) is 2.44. The summed E-state index contributed by atoms with van der Waals surface area (Å²) < 4.78 is 0. The van der Waals surface area contributed by atoms with Gasteiger partial charge in [-0.3, -0.25) is 9.78 Å². The van der Waals surface area contributed by atoms with Crippen LogP contribution in [0.5, 0.6) is 5.75 Å². The first-order chi connectivity index (χ1) is 10.1. The highest BCUT2D eigenvalue weighted by atomic mass is 16.3. The third-order valence-electron chi connectivity index (χ3n) is 3.41. The summed E-state index contributed by atoms with van der Waals surface area (Å²) in [6.45, 7) is -0.190. The highest BCUT2D eigenvalue weighted by molar-refractivity contribution is 5.80. The van der Waals surface area contributed by atoms with Gasteiger partial charge in [-0.15, -0.1) is 0 Å². The Balaban J connectivity index is 2.20. The summed E-state index contributed by atoms with van der Waals surface area (Å²) in [4.78, 5) is 21.2. The molecule has 0 amide bonds. The second-order valence-corrected chi connectivity index (χ2v) is 4.75. The number of anilines is 1. The molecule has 1 aromatic carbocycles. The van der Waals surface area contributed by atoms with Crippen molar-refractivity contribution in [3.05, 3.63) is 51.9 Å². The number of aliphatic hydroxyl groups excluding tert-OH is 1. The molecule has 21 heavy (non-hydrogen) atoms. The van der Waals surface area contributed by atoms with Crippen LogP contribution in [0.25, 0.3) is 11.0 Å². The van der Waals surface area contributed by atoms with Crippen LogP contribution in [0.1, 0.15) is 17.0 Å². The minimum Gasteiger partial charge on any atom is -0.508 e. The molecule has 6 N–H and O–H groups in total. The zero-order chi connectivity index (χ0) is 15.0. The molecule has 1 unspecified atom stereocenters. The Labute approximate surface area is 119 Å². The lowest BCUT2D eigenvalue weighted by atomic mass is 9.93. The minimum absolute atomic E-state index is 0.0148. The molecule has 2 aromatic heterocycles. The quantitative estimate of drug-likeness (QED) is 0.483. The number of rotatable bonds is 3. The number of fused-ring (bicyclic) bond motifs is 1. The van der Waals surface area contributed by atoms with Gasteiger partial charge in [-0.25, -0.2) is 4.98 Å². The molecular weight excluding hydrogens is 272 g/mol. The number of phenolic OH excluding ortho intramolecular Hbond substituents is 1. The lowest BCUT2D eigenvalue weighted by molar-refractivity contribution is 0.281. The number of aromatic amines is 2. The van der Waals surface area contributed by atoms with Crippen molar-refractivity contribution in [3.8, 4) is 5.75 Å². The van der Waals surface area contributed by atoms with E-state index in [9.17, 15) is 15.0 Å². The Hall–Kier alpha value is -2.80. The molecule has 0 bridgehead atoms. The van der Waals surface area contributed by atoms with Crippen molar-refractivity contribution in [2.75, 3.05) is 12.3 Å². The lowest BCUT2D eigenvalue weighted by Crippen LogP contribution is -2.12. The fraction of sp³-hybridized carbons (Fsp3) is 0.143. The minimum atomic E-state index is -0.417. The number of aromatic nitrogens is 3. The number of aliphatic hydroxyl groups is 1. The van der Waals surface area contributed by atoms with Gasteiger partial charge in [-0.2, -0.15) is 0 Å². The normalized spacial score (nSPS) is 12.6. The van der Waals surface area contributed by atoms with Gasteiger partial charge in [0.15, 0.2) is 0 Å². The van der Waals surface area contributed by atoms with Crippen molar-refractivity contribution >= 4 is 17.0 Å². The van der Waals surface area contributed by atoms with Crippen molar-refractivity contribution in [1.29, 1.82) is 0 Å². The molecular formula is C14H14N4O3. The number of benzene rings is 1. The number of nitrogens with one attached hydrogen (secondary N) is 2. The van der Waals surface area contributed by atoms with Gasteiger partial charge in [-0.1, -0.05) is 12.1 Å². The summed E-state index contributed by atoms with van der Waals surface area (Å²) in [5, 5.41) is 19.3. The van der Waals surface area contributed by atoms with Gasteiger partial charge >= 0.3 is 0 Å². The SMILES string of the molecule is Nc1nc2c(C(CO)c3cccc(O)c3)c[nH]c2c(=O)[nH]1. The summed E-state index contributed by atoms with van der Waals surface area (Å²) in [5.41, 5.74) is 7.30. The van der Waals surface area contributed by atoms with Gasteiger partial charge < -0.3 is 20.9 Å². The maximum atomic E-state index is 11.8. The second kappa shape index (κ2) is 4.95. The van der Waals surface area contributed by atoms with Gasteiger partial charge in [0.2, 0.25) is 5.95 Å². The Bertz CT molecular complexity index is 853. The summed E-state index contributed by atoms with van der Waals surface area (Å²) in [7, 11) is 0. The topological polar surface area (TPSA) is 128 Å². The van der Waals surface area contributed by atoms with Crippen LogP contribution in [0.15, 0.2) is 35.3 Å². The number of H-pyrrole nitrogens is 2. The van der Waals surface area contributed by atoms with Crippen LogP contribution in [-0.4, -0.2) is 31.8 Å². The van der Waals surface area contributed by atoms with Gasteiger partial charge in [0, 0.05) is 17.7 Å². The van der Waals surface area contributed by atoms with E-state index in [0.29, 0.717) is 16.6 Å². The van der Waals surface area contributed by atoms with E-state index in [1.807, 2.05) is 0 Å². The smallest absolute Gasteiger partial charge is 0.276 e. The fourth-order valence-electron chi connectivity index (χ4n) is 2.44. The number of nitrogen functional groups attached to an aromatic ring is 1. The molecule has 7 heteroatoms. The standard InChI is InChI=1S/C14H14N4O3/c15-14-17-11-9(5-16-12(11)13(21)18-14)10(6-19)7-2-1-3-8(20)4-7/h1-5,10,16,19-20H,6H2,(H3,15,17,18,21). The van der Waals surface area contributed by atoms with E-state index in [4.69, 9.17) is 5.73 Å². The molecule has 1 atom stereocenters. The number of hydrogen-bond donors (Lipinski definition) is 5. The van der Waals surface area contributed by atoms with E-state index in [0.717, 1.165) is 5.56 Å². The third-order valence-corrected chi connectivity index (χ3v) is 3.41. The van der Waals surface area contributed by atoms with Crippen molar-refractivity contribution in [2.45, 2.75) is 5.92 Å². The molecule has 0 aliphatic rings. The molecule has 0 radical (unpaired) electrons. The van der Waals surface area contributed by atoms with Crippen LogP contribution in [0.4, 0.5) is 5.95 Å². The van der Waals surface area contributed by atoms with Gasteiger partial charge in [-0.05, 0) is 17.7 Å². The molecule has 108 valence electrons. The predicted molar refractivity (Wildman–Crippen MR) is 78.2 cm³/mol. The summed E-state index contributed by atoms with van der Waals surface area (Å²) in [5.74, 6) is -0.295. The van der Waals surface area contributed by atoms with Gasteiger partial charge in [0.05, 0.1) is 6.61 Å². The zero-order valence-corrected chi connectivity index (χ0v) is 11.0. The molecule has 0 spiro atoms. The largest absolute Gasteiger partial charge is 0.508 e. The van der Waals surface area contributed by atoms with E-state index in [-0.39, 0.29) is 23.9 Å². The molecule has 0 saturated carbocycles.